The third kappa shape index (κ3) is 3.42. The van der Waals surface area contributed by atoms with Crippen LogP contribution in [0.15, 0.2) is 30.5 Å². The van der Waals surface area contributed by atoms with Crippen molar-refractivity contribution in [2.75, 3.05) is 23.3 Å². The molecule has 1 aliphatic rings. The molecule has 0 bridgehead atoms. The zero-order valence-corrected chi connectivity index (χ0v) is 12.9. The molecule has 1 aromatic carbocycles. The Bertz CT molecular complexity index is 754. The molecule has 7 heteroatoms. The van der Waals surface area contributed by atoms with Gasteiger partial charge in [-0.1, -0.05) is 11.6 Å². The molecule has 1 aliphatic heterocycles. The van der Waals surface area contributed by atoms with Gasteiger partial charge in [0.1, 0.15) is 0 Å². The Labute approximate surface area is 137 Å². The number of amides is 1. The Kier molecular flexibility index (Phi) is 4.43. The van der Waals surface area contributed by atoms with E-state index in [0.717, 1.165) is 12.5 Å². The Balaban J connectivity index is 1.76. The van der Waals surface area contributed by atoms with Gasteiger partial charge in [-0.3, -0.25) is 4.79 Å². The molecule has 2 aromatic rings. The SMILES string of the molecule is O=C(CN1CCCc2cc(F)c(F)cc21)Nc1cccnc1Cl. The number of hydrogen-bond acceptors (Lipinski definition) is 3. The number of nitrogens with one attached hydrogen (secondary N) is 1. The number of pyridine rings is 1. The second-order valence-electron chi connectivity index (χ2n) is 5.31. The molecule has 1 N–H and O–H groups in total. The van der Waals surface area contributed by atoms with Crippen molar-refractivity contribution in [3.8, 4) is 0 Å². The van der Waals surface area contributed by atoms with E-state index in [1.54, 1.807) is 17.0 Å². The van der Waals surface area contributed by atoms with E-state index in [1.165, 1.54) is 12.3 Å². The summed E-state index contributed by atoms with van der Waals surface area (Å²) in [6, 6.07) is 5.66. The Morgan fingerprint density at radius 1 is 1.35 bits per heavy atom. The molecule has 120 valence electrons. The summed E-state index contributed by atoms with van der Waals surface area (Å²) >= 11 is 5.90. The van der Waals surface area contributed by atoms with Crippen molar-refractivity contribution in [1.82, 2.24) is 4.98 Å². The predicted octanol–water partition coefficient (Wildman–Crippen LogP) is 3.40. The lowest BCUT2D eigenvalue weighted by atomic mass is 10.0. The second-order valence-corrected chi connectivity index (χ2v) is 5.67. The molecule has 1 aromatic heterocycles. The first-order chi connectivity index (χ1) is 11.0. The number of benzene rings is 1. The third-order valence-electron chi connectivity index (χ3n) is 3.70. The van der Waals surface area contributed by atoms with Gasteiger partial charge in [0.15, 0.2) is 16.8 Å². The predicted molar refractivity (Wildman–Crippen MR) is 84.8 cm³/mol. The molecule has 0 unspecified atom stereocenters. The van der Waals surface area contributed by atoms with Crippen LogP contribution in [0.3, 0.4) is 0 Å². The number of carbonyl (C=O) groups excluding carboxylic acids is 1. The molecule has 0 atom stereocenters. The number of aromatic nitrogens is 1. The molecule has 0 saturated heterocycles. The van der Waals surface area contributed by atoms with Crippen LogP contribution in [0.25, 0.3) is 0 Å². The van der Waals surface area contributed by atoms with Crippen LogP contribution in [0.1, 0.15) is 12.0 Å². The molecule has 0 saturated carbocycles. The fraction of sp³-hybridized carbons (Fsp3) is 0.250. The lowest BCUT2D eigenvalue weighted by Crippen LogP contribution is -2.37. The summed E-state index contributed by atoms with van der Waals surface area (Å²) in [5.74, 6) is -2.07. The minimum Gasteiger partial charge on any atom is -0.362 e. The third-order valence-corrected chi connectivity index (χ3v) is 4.01. The maximum absolute atomic E-state index is 13.5. The van der Waals surface area contributed by atoms with Gasteiger partial charge in [-0.25, -0.2) is 13.8 Å². The van der Waals surface area contributed by atoms with Crippen LogP contribution in [-0.2, 0) is 11.2 Å². The minimum absolute atomic E-state index is 0.0310. The van der Waals surface area contributed by atoms with Gasteiger partial charge in [0, 0.05) is 24.5 Å². The number of anilines is 2. The summed E-state index contributed by atoms with van der Waals surface area (Å²) in [6.45, 7) is 0.634. The lowest BCUT2D eigenvalue weighted by Gasteiger charge is -2.30. The monoisotopic (exact) mass is 337 g/mol. The summed E-state index contributed by atoms with van der Waals surface area (Å²) in [7, 11) is 0. The van der Waals surface area contributed by atoms with Gasteiger partial charge in [-0.05, 0) is 36.6 Å². The van der Waals surface area contributed by atoms with E-state index in [2.05, 4.69) is 10.3 Å². The molecular weight excluding hydrogens is 324 g/mol. The van der Waals surface area contributed by atoms with Crippen LogP contribution < -0.4 is 10.2 Å². The maximum Gasteiger partial charge on any atom is 0.243 e. The fourth-order valence-corrected chi connectivity index (χ4v) is 2.83. The second kappa shape index (κ2) is 6.50. The van der Waals surface area contributed by atoms with E-state index in [1.807, 2.05) is 0 Å². The van der Waals surface area contributed by atoms with Crippen molar-refractivity contribution < 1.29 is 13.6 Å². The molecule has 2 heterocycles. The van der Waals surface area contributed by atoms with Gasteiger partial charge in [0.25, 0.3) is 0 Å². The van der Waals surface area contributed by atoms with Crippen LogP contribution in [0, 0.1) is 11.6 Å². The Morgan fingerprint density at radius 2 is 2.13 bits per heavy atom. The van der Waals surface area contributed by atoms with E-state index in [9.17, 15) is 13.6 Å². The largest absolute Gasteiger partial charge is 0.362 e. The maximum atomic E-state index is 13.5. The van der Waals surface area contributed by atoms with Gasteiger partial charge in [-0.2, -0.15) is 0 Å². The summed E-state index contributed by atoms with van der Waals surface area (Å²) in [5, 5.41) is 2.87. The highest BCUT2D eigenvalue weighted by Gasteiger charge is 2.22. The van der Waals surface area contributed by atoms with Gasteiger partial charge in [-0.15, -0.1) is 0 Å². The smallest absolute Gasteiger partial charge is 0.243 e. The van der Waals surface area contributed by atoms with E-state index < -0.39 is 11.6 Å². The molecule has 0 fully saturated rings. The number of fused-ring (bicyclic) bond motifs is 1. The number of rotatable bonds is 3. The zero-order chi connectivity index (χ0) is 16.4. The van der Waals surface area contributed by atoms with Crippen LogP contribution in [0.2, 0.25) is 5.15 Å². The average molecular weight is 338 g/mol. The van der Waals surface area contributed by atoms with Crippen molar-refractivity contribution >= 4 is 28.9 Å². The summed E-state index contributed by atoms with van der Waals surface area (Å²) in [4.78, 5) is 17.8. The highest BCUT2D eigenvalue weighted by atomic mass is 35.5. The van der Waals surface area contributed by atoms with Crippen molar-refractivity contribution in [2.24, 2.45) is 0 Å². The average Bonchev–Trinajstić information content (AvgIpc) is 2.51. The lowest BCUT2D eigenvalue weighted by molar-refractivity contribution is -0.115. The van der Waals surface area contributed by atoms with Crippen molar-refractivity contribution in [3.05, 3.63) is 52.8 Å². The zero-order valence-electron chi connectivity index (χ0n) is 12.2. The van der Waals surface area contributed by atoms with Crippen molar-refractivity contribution in [1.29, 1.82) is 0 Å². The summed E-state index contributed by atoms with van der Waals surface area (Å²) < 4.78 is 26.8. The quantitative estimate of drug-likeness (QED) is 0.873. The number of hydrogen-bond donors (Lipinski definition) is 1. The van der Waals surface area contributed by atoms with Crippen LogP contribution >= 0.6 is 11.6 Å². The Morgan fingerprint density at radius 3 is 2.91 bits per heavy atom. The normalized spacial score (nSPS) is 13.6. The number of carbonyl (C=O) groups is 1. The first-order valence-electron chi connectivity index (χ1n) is 7.18. The van der Waals surface area contributed by atoms with Crippen LogP contribution in [0.4, 0.5) is 20.2 Å². The van der Waals surface area contributed by atoms with Crippen LogP contribution in [-0.4, -0.2) is 24.0 Å². The Hall–Kier alpha value is -2.21. The molecular formula is C16H14ClF2N3O. The summed E-state index contributed by atoms with van der Waals surface area (Å²) in [5.41, 5.74) is 1.69. The first-order valence-corrected chi connectivity index (χ1v) is 7.55. The summed E-state index contributed by atoms with van der Waals surface area (Å²) in [6.07, 6.45) is 2.97. The molecule has 0 radical (unpaired) electrons. The van der Waals surface area contributed by atoms with Crippen molar-refractivity contribution in [3.63, 3.8) is 0 Å². The van der Waals surface area contributed by atoms with Gasteiger partial charge in [0.05, 0.1) is 12.2 Å². The topological polar surface area (TPSA) is 45.2 Å². The molecule has 23 heavy (non-hydrogen) atoms. The van der Waals surface area contributed by atoms with E-state index in [0.29, 0.717) is 29.9 Å². The molecule has 0 spiro atoms. The first kappa shape index (κ1) is 15.7. The van der Waals surface area contributed by atoms with E-state index >= 15 is 0 Å². The molecule has 4 nitrogen and oxygen atoms in total. The van der Waals surface area contributed by atoms with Crippen LogP contribution in [0.5, 0.6) is 0 Å². The van der Waals surface area contributed by atoms with Gasteiger partial charge >= 0.3 is 0 Å². The fourth-order valence-electron chi connectivity index (χ4n) is 2.66. The standard InChI is InChI=1S/C16H14ClF2N3O/c17-16-13(4-1-5-20-16)21-15(23)9-22-6-2-3-10-7-11(18)12(19)8-14(10)22/h1,4-5,7-8H,2-3,6,9H2,(H,21,23). The minimum atomic E-state index is -0.911. The molecule has 1 amide bonds. The molecule has 3 rings (SSSR count). The number of halogens is 3. The van der Waals surface area contributed by atoms with Gasteiger partial charge < -0.3 is 10.2 Å². The van der Waals surface area contributed by atoms with E-state index in [-0.39, 0.29) is 17.6 Å². The highest BCUT2D eigenvalue weighted by molar-refractivity contribution is 6.32. The molecule has 0 aliphatic carbocycles. The highest BCUT2D eigenvalue weighted by Crippen LogP contribution is 2.29. The van der Waals surface area contributed by atoms with E-state index in [4.69, 9.17) is 11.6 Å². The number of aryl methyl sites for hydroxylation is 1. The van der Waals surface area contributed by atoms with Gasteiger partial charge in [0.2, 0.25) is 5.91 Å². The van der Waals surface area contributed by atoms with Crippen molar-refractivity contribution in [2.45, 2.75) is 12.8 Å². The number of nitrogens with zero attached hydrogens (tertiary/aromatic N) is 2.